The summed E-state index contributed by atoms with van der Waals surface area (Å²) in [4.78, 5) is 18.8. The molecule has 0 radical (unpaired) electrons. The number of anilines is 2. The van der Waals surface area contributed by atoms with Crippen LogP contribution in [0, 0.1) is 0 Å². The van der Waals surface area contributed by atoms with Gasteiger partial charge in [0.15, 0.2) is 5.16 Å². The maximum absolute atomic E-state index is 12.5. The van der Waals surface area contributed by atoms with Gasteiger partial charge in [-0.25, -0.2) is 4.98 Å². The third kappa shape index (κ3) is 5.10. The number of rotatable bonds is 8. The van der Waals surface area contributed by atoms with Crippen molar-refractivity contribution < 1.29 is 4.79 Å². The molecule has 7 heteroatoms. The first-order chi connectivity index (χ1) is 13.2. The van der Waals surface area contributed by atoms with E-state index in [-0.39, 0.29) is 5.91 Å². The van der Waals surface area contributed by atoms with Crippen LogP contribution in [0.25, 0.3) is 0 Å². The molecule has 0 aliphatic heterocycles. The minimum atomic E-state index is -0.111. The van der Waals surface area contributed by atoms with E-state index in [9.17, 15) is 4.79 Å². The predicted octanol–water partition coefficient (Wildman–Crippen LogP) is 4.20. The Hall–Kier alpha value is -2.80. The lowest BCUT2D eigenvalue weighted by Crippen LogP contribution is -2.21. The summed E-state index contributed by atoms with van der Waals surface area (Å²) >= 11 is 1.57. The molecule has 2 aromatic carbocycles. The Bertz CT molecular complexity index is 843. The zero-order valence-corrected chi connectivity index (χ0v) is 16.3. The molecule has 0 fully saturated rings. The fourth-order valence-corrected chi connectivity index (χ4v) is 3.45. The van der Waals surface area contributed by atoms with Gasteiger partial charge in [-0.3, -0.25) is 9.89 Å². The highest BCUT2D eigenvalue weighted by molar-refractivity contribution is 7.98. The fourth-order valence-electron chi connectivity index (χ4n) is 2.72. The standard InChI is InChI=1S/C20H23N5OS/c1-3-25(4-2)18-11-9-17(10-12-18)23-19(26)16-7-5-15(6-8-16)13-27-20-21-14-22-24-20/h5-12,14H,3-4,13H2,1-2H3,(H,23,26)(H,21,22,24). The third-order valence-corrected chi connectivity index (χ3v) is 5.19. The second-order valence-corrected chi connectivity index (χ2v) is 6.91. The molecule has 0 aliphatic carbocycles. The highest BCUT2D eigenvalue weighted by Gasteiger charge is 2.08. The van der Waals surface area contributed by atoms with Crippen molar-refractivity contribution in [1.82, 2.24) is 15.2 Å². The molecule has 0 atom stereocenters. The van der Waals surface area contributed by atoms with Gasteiger partial charge in [-0.1, -0.05) is 23.9 Å². The van der Waals surface area contributed by atoms with Crippen LogP contribution < -0.4 is 10.2 Å². The second kappa shape index (κ2) is 9.23. The summed E-state index contributed by atoms with van der Waals surface area (Å²) in [7, 11) is 0. The van der Waals surface area contributed by atoms with Crippen LogP contribution >= 0.6 is 11.8 Å². The Morgan fingerprint density at radius 1 is 1.07 bits per heavy atom. The highest BCUT2D eigenvalue weighted by Crippen LogP contribution is 2.20. The van der Waals surface area contributed by atoms with E-state index in [4.69, 9.17) is 0 Å². The van der Waals surface area contributed by atoms with Gasteiger partial charge in [-0.2, -0.15) is 5.10 Å². The highest BCUT2D eigenvalue weighted by atomic mass is 32.2. The molecular formula is C20H23N5OS. The Kier molecular flexibility index (Phi) is 6.49. The molecular weight excluding hydrogens is 358 g/mol. The number of aromatic amines is 1. The summed E-state index contributed by atoms with van der Waals surface area (Å²) < 4.78 is 0. The molecule has 0 saturated carbocycles. The Morgan fingerprint density at radius 3 is 2.37 bits per heavy atom. The van der Waals surface area contributed by atoms with Crippen molar-refractivity contribution in [2.45, 2.75) is 24.8 Å². The number of thioether (sulfide) groups is 1. The van der Waals surface area contributed by atoms with Gasteiger partial charge in [0, 0.05) is 35.8 Å². The number of nitrogens with one attached hydrogen (secondary N) is 2. The number of benzene rings is 2. The van der Waals surface area contributed by atoms with E-state index in [1.807, 2.05) is 48.5 Å². The average molecular weight is 382 g/mol. The smallest absolute Gasteiger partial charge is 0.255 e. The quantitative estimate of drug-likeness (QED) is 0.572. The molecule has 0 saturated heterocycles. The Balaban J connectivity index is 1.57. The number of carbonyl (C=O) groups excluding carboxylic acids is 1. The van der Waals surface area contributed by atoms with E-state index >= 15 is 0 Å². The molecule has 0 unspecified atom stereocenters. The van der Waals surface area contributed by atoms with Crippen molar-refractivity contribution in [2.24, 2.45) is 0 Å². The van der Waals surface area contributed by atoms with Crippen molar-refractivity contribution in [1.29, 1.82) is 0 Å². The Morgan fingerprint density at radius 2 is 1.78 bits per heavy atom. The van der Waals surface area contributed by atoms with E-state index in [2.05, 4.69) is 39.2 Å². The van der Waals surface area contributed by atoms with Gasteiger partial charge in [-0.15, -0.1) is 0 Å². The zero-order chi connectivity index (χ0) is 19.1. The van der Waals surface area contributed by atoms with E-state index in [0.717, 1.165) is 40.9 Å². The van der Waals surface area contributed by atoms with Crippen molar-refractivity contribution in [3.63, 3.8) is 0 Å². The lowest BCUT2D eigenvalue weighted by atomic mass is 10.1. The van der Waals surface area contributed by atoms with Gasteiger partial charge in [0.25, 0.3) is 5.91 Å². The van der Waals surface area contributed by atoms with Gasteiger partial charge in [0.1, 0.15) is 6.33 Å². The zero-order valence-electron chi connectivity index (χ0n) is 15.5. The van der Waals surface area contributed by atoms with Crippen molar-refractivity contribution >= 4 is 29.0 Å². The average Bonchev–Trinajstić information content (AvgIpc) is 3.22. The molecule has 3 aromatic rings. The summed E-state index contributed by atoms with van der Waals surface area (Å²) in [5.41, 5.74) is 3.71. The normalized spacial score (nSPS) is 10.6. The van der Waals surface area contributed by atoms with Crippen molar-refractivity contribution in [3.8, 4) is 0 Å². The summed E-state index contributed by atoms with van der Waals surface area (Å²) in [5.74, 6) is 0.657. The van der Waals surface area contributed by atoms with Crippen LogP contribution in [0.4, 0.5) is 11.4 Å². The number of carbonyl (C=O) groups is 1. The van der Waals surface area contributed by atoms with Crippen molar-refractivity contribution in [2.75, 3.05) is 23.3 Å². The SMILES string of the molecule is CCN(CC)c1ccc(NC(=O)c2ccc(CSc3ncn[nH]3)cc2)cc1. The molecule has 27 heavy (non-hydrogen) atoms. The second-order valence-electron chi connectivity index (χ2n) is 5.95. The molecule has 2 N–H and O–H groups in total. The first-order valence-electron chi connectivity index (χ1n) is 8.93. The van der Waals surface area contributed by atoms with Crippen LogP contribution in [0.5, 0.6) is 0 Å². The minimum Gasteiger partial charge on any atom is -0.372 e. The lowest BCUT2D eigenvalue weighted by Gasteiger charge is -2.21. The summed E-state index contributed by atoms with van der Waals surface area (Å²) in [5, 5.41) is 10.4. The monoisotopic (exact) mass is 381 g/mol. The van der Waals surface area contributed by atoms with E-state index < -0.39 is 0 Å². The number of aromatic nitrogens is 3. The van der Waals surface area contributed by atoms with Gasteiger partial charge in [-0.05, 0) is 55.8 Å². The van der Waals surface area contributed by atoms with Gasteiger partial charge >= 0.3 is 0 Å². The molecule has 1 heterocycles. The lowest BCUT2D eigenvalue weighted by molar-refractivity contribution is 0.102. The van der Waals surface area contributed by atoms with Crippen LogP contribution in [0.3, 0.4) is 0 Å². The van der Waals surface area contributed by atoms with Crippen LogP contribution in [0.15, 0.2) is 60.0 Å². The molecule has 140 valence electrons. The van der Waals surface area contributed by atoms with Crippen LogP contribution in [-0.4, -0.2) is 34.2 Å². The van der Waals surface area contributed by atoms with Crippen LogP contribution in [0.2, 0.25) is 0 Å². The number of nitrogens with zero attached hydrogens (tertiary/aromatic N) is 3. The van der Waals surface area contributed by atoms with Gasteiger partial charge < -0.3 is 10.2 Å². The largest absolute Gasteiger partial charge is 0.372 e. The van der Waals surface area contributed by atoms with E-state index in [0.29, 0.717) is 5.56 Å². The summed E-state index contributed by atoms with van der Waals surface area (Å²) in [6.45, 7) is 6.19. The molecule has 6 nitrogen and oxygen atoms in total. The number of hydrogen-bond donors (Lipinski definition) is 2. The van der Waals surface area contributed by atoms with Gasteiger partial charge in [0.2, 0.25) is 0 Å². The van der Waals surface area contributed by atoms with Crippen molar-refractivity contribution in [3.05, 3.63) is 66.0 Å². The van der Waals surface area contributed by atoms with Gasteiger partial charge in [0.05, 0.1) is 0 Å². The summed E-state index contributed by atoms with van der Waals surface area (Å²) in [6.07, 6.45) is 1.49. The first kappa shape index (κ1) is 19.0. The summed E-state index contributed by atoms with van der Waals surface area (Å²) in [6, 6.07) is 15.6. The van der Waals surface area contributed by atoms with E-state index in [1.165, 1.54) is 6.33 Å². The maximum atomic E-state index is 12.5. The number of hydrogen-bond acceptors (Lipinski definition) is 5. The van der Waals surface area contributed by atoms with Crippen LogP contribution in [-0.2, 0) is 5.75 Å². The van der Waals surface area contributed by atoms with Crippen LogP contribution in [0.1, 0.15) is 29.8 Å². The molecule has 1 aromatic heterocycles. The molecule has 0 bridgehead atoms. The minimum absolute atomic E-state index is 0.111. The molecule has 0 aliphatic rings. The number of H-pyrrole nitrogens is 1. The molecule has 3 rings (SSSR count). The fraction of sp³-hybridized carbons (Fsp3) is 0.250. The number of amides is 1. The molecule has 0 spiro atoms. The predicted molar refractivity (Wildman–Crippen MR) is 110 cm³/mol. The first-order valence-corrected chi connectivity index (χ1v) is 9.91. The van der Waals surface area contributed by atoms with E-state index in [1.54, 1.807) is 11.8 Å². The topological polar surface area (TPSA) is 73.9 Å². The maximum Gasteiger partial charge on any atom is 0.255 e. The molecule has 1 amide bonds. The Labute approximate surface area is 163 Å². The third-order valence-electron chi connectivity index (χ3n) is 4.24.